The molecule has 1 atom stereocenters. The number of allylic oxidation sites excluding steroid dienone is 2. The van der Waals surface area contributed by atoms with Crippen molar-refractivity contribution in [1.29, 1.82) is 0 Å². The summed E-state index contributed by atoms with van der Waals surface area (Å²) in [5.41, 5.74) is 1.07. The molecular weight excluding hydrogens is 296 g/mol. The van der Waals surface area contributed by atoms with Gasteiger partial charge in [0.15, 0.2) is 0 Å². The molecule has 118 valence electrons. The highest BCUT2D eigenvalue weighted by Crippen LogP contribution is 2.27. The molecule has 1 fully saturated rings. The predicted molar refractivity (Wildman–Crippen MR) is 91.9 cm³/mol. The van der Waals surface area contributed by atoms with Crippen LogP contribution >= 0.6 is 11.6 Å². The summed E-state index contributed by atoms with van der Waals surface area (Å²) in [4.78, 5) is 14.9. The Morgan fingerprint density at radius 1 is 1.41 bits per heavy atom. The van der Waals surface area contributed by atoms with E-state index in [2.05, 4.69) is 18.5 Å². The van der Waals surface area contributed by atoms with Crippen molar-refractivity contribution >= 4 is 17.5 Å². The van der Waals surface area contributed by atoms with Crippen LogP contribution in [-0.2, 0) is 4.79 Å². The molecule has 0 saturated carbocycles. The minimum atomic E-state index is -0.0743. The van der Waals surface area contributed by atoms with Crippen molar-refractivity contribution in [2.45, 2.75) is 18.9 Å². The van der Waals surface area contributed by atoms with Gasteiger partial charge in [-0.2, -0.15) is 0 Å². The third kappa shape index (κ3) is 3.99. The first-order valence-corrected chi connectivity index (χ1v) is 8.03. The fraction of sp³-hybridized carbons (Fsp3) is 0.389. The van der Waals surface area contributed by atoms with Gasteiger partial charge in [0.25, 0.3) is 0 Å². The Balaban J connectivity index is 2.23. The van der Waals surface area contributed by atoms with E-state index in [4.69, 9.17) is 11.6 Å². The number of amides is 1. The maximum atomic E-state index is 12.9. The molecule has 0 aromatic heterocycles. The number of nitrogens with one attached hydrogen (secondary N) is 1. The molecule has 1 N–H and O–H groups in total. The molecule has 1 aliphatic rings. The lowest BCUT2D eigenvalue weighted by molar-refractivity contribution is -0.138. The van der Waals surface area contributed by atoms with Crippen LogP contribution in [0.4, 0.5) is 0 Å². The Morgan fingerprint density at radius 3 is 2.77 bits per heavy atom. The number of hydrogen-bond donors (Lipinski definition) is 1. The fourth-order valence-corrected chi connectivity index (χ4v) is 3.11. The number of halogens is 1. The smallest absolute Gasteiger partial charge is 0.226 e. The summed E-state index contributed by atoms with van der Waals surface area (Å²) in [5, 5.41) is 4.06. The second kappa shape index (κ2) is 8.16. The fourth-order valence-electron chi connectivity index (χ4n) is 2.91. The van der Waals surface area contributed by atoms with Crippen LogP contribution in [0.3, 0.4) is 0 Å². The lowest BCUT2D eigenvalue weighted by Gasteiger charge is -2.38. The third-order valence-corrected chi connectivity index (χ3v) is 4.25. The predicted octanol–water partition coefficient (Wildman–Crippen LogP) is 3.58. The summed E-state index contributed by atoms with van der Waals surface area (Å²) >= 11 is 6.10. The van der Waals surface area contributed by atoms with Crippen LogP contribution in [0.15, 0.2) is 49.6 Å². The molecule has 1 heterocycles. The Kier molecular flexibility index (Phi) is 6.22. The largest absolute Gasteiger partial charge is 0.333 e. The Bertz CT molecular complexity index is 534. The Labute approximate surface area is 137 Å². The first-order valence-electron chi connectivity index (χ1n) is 7.65. The molecule has 0 bridgehead atoms. The van der Waals surface area contributed by atoms with Gasteiger partial charge < -0.3 is 10.2 Å². The standard InChI is InChI=1S/C18H23ClN2O/c1-3-6-14(7-4-2)18(22)21-11-10-20-13-17(21)15-8-5-9-16(19)12-15/h3-5,8-9,12,14,17,20H,1-2,6-7,10-11,13H2. The van der Waals surface area contributed by atoms with E-state index in [-0.39, 0.29) is 17.9 Å². The van der Waals surface area contributed by atoms with E-state index in [1.54, 1.807) is 0 Å². The van der Waals surface area contributed by atoms with Crippen molar-refractivity contribution in [3.05, 3.63) is 60.2 Å². The maximum absolute atomic E-state index is 12.9. The molecule has 2 rings (SSSR count). The van der Waals surface area contributed by atoms with Crippen LogP contribution in [0.25, 0.3) is 0 Å². The lowest BCUT2D eigenvalue weighted by atomic mass is 9.96. The summed E-state index contributed by atoms with van der Waals surface area (Å²) in [5.74, 6) is 0.0982. The molecule has 1 aromatic rings. The SMILES string of the molecule is C=CCC(CC=C)C(=O)N1CCNCC1c1cccc(Cl)c1. The molecule has 1 unspecified atom stereocenters. The van der Waals surface area contributed by atoms with E-state index in [0.717, 1.165) is 18.7 Å². The van der Waals surface area contributed by atoms with Crippen LogP contribution in [0.1, 0.15) is 24.4 Å². The van der Waals surface area contributed by atoms with Crippen molar-refractivity contribution in [3.63, 3.8) is 0 Å². The first kappa shape index (κ1) is 16.8. The van der Waals surface area contributed by atoms with Crippen LogP contribution in [0.2, 0.25) is 5.02 Å². The summed E-state index contributed by atoms with van der Waals surface area (Å²) in [6.45, 7) is 9.81. The average molecular weight is 319 g/mol. The zero-order valence-corrected chi connectivity index (χ0v) is 13.6. The van der Waals surface area contributed by atoms with Gasteiger partial charge in [0.05, 0.1) is 6.04 Å². The van der Waals surface area contributed by atoms with Gasteiger partial charge >= 0.3 is 0 Å². The van der Waals surface area contributed by atoms with Crippen molar-refractivity contribution in [2.24, 2.45) is 5.92 Å². The third-order valence-electron chi connectivity index (χ3n) is 4.01. The number of hydrogen-bond acceptors (Lipinski definition) is 2. The number of nitrogens with zero attached hydrogens (tertiary/aromatic N) is 1. The second-order valence-corrected chi connectivity index (χ2v) is 5.99. The molecule has 0 radical (unpaired) electrons. The highest BCUT2D eigenvalue weighted by atomic mass is 35.5. The number of carbonyl (C=O) groups excluding carboxylic acids is 1. The van der Waals surface area contributed by atoms with E-state index in [0.29, 0.717) is 24.4 Å². The maximum Gasteiger partial charge on any atom is 0.226 e. The molecule has 1 aliphatic heterocycles. The number of benzene rings is 1. The van der Waals surface area contributed by atoms with Gasteiger partial charge in [-0.15, -0.1) is 13.2 Å². The van der Waals surface area contributed by atoms with Crippen molar-refractivity contribution in [3.8, 4) is 0 Å². The monoisotopic (exact) mass is 318 g/mol. The van der Waals surface area contributed by atoms with Crippen molar-refractivity contribution in [1.82, 2.24) is 10.2 Å². The molecule has 0 spiro atoms. The molecule has 0 aliphatic carbocycles. The zero-order valence-electron chi connectivity index (χ0n) is 12.8. The Hall–Kier alpha value is -1.58. The van der Waals surface area contributed by atoms with Gasteiger partial charge in [-0.3, -0.25) is 4.79 Å². The normalized spacial score (nSPS) is 18.3. The van der Waals surface area contributed by atoms with E-state index < -0.39 is 0 Å². The lowest BCUT2D eigenvalue weighted by Crippen LogP contribution is -2.50. The molecule has 3 nitrogen and oxygen atoms in total. The molecule has 4 heteroatoms. The molecule has 22 heavy (non-hydrogen) atoms. The molecule has 1 aromatic carbocycles. The van der Waals surface area contributed by atoms with Crippen LogP contribution in [0.5, 0.6) is 0 Å². The van der Waals surface area contributed by atoms with E-state index in [1.807, 2.05) is 41.3 Å². The Morgan fingerprint density at radius 2 is 2.14 bits per heavy atom. The summed E-state index contributed by atoms with van der Waals surface area (Å²) in [7, 11) is 0. The van der Waals surface area contributed by atoms with E-state index >= 15 is 0 Å². The van der Waals surface area contributed by atoms with Crippen LogP contribution in [-0.4, -0.2) is 30.4 Å². The van der Waals surface area contributed by atoms with E-state index in [1.165, 1.54) is 0 Å². The van der Waals surface area contributed by atoms with Gasteiger partial charge in [-0.1, -0.05) is 35.9 Å². The van der Waals surface area contributed by atoms with Gasteiger partial charge in [-0.25, -0.2) is 0 Å². The van der Waals surface area contributed by atoms with Gasteiger partial charge in [0.1, 0.15) is 0 Å². The highest BCUT2D eigenvalue weighted by Gasteiger charge is 2.31. The van der Waals surface area contributed by atoms with Gasteiger partial charge in [0, 0.05) is 30.6 Å². The number of carbonyl (C=O) groups is 1. The van der Waals surface area contributed by atoms with Crippen LogP contribution < -0.4 is 5.32 Å². The average Bonchev–Trinajstić information content (AvgIpc) is 2.54. The minimum absolute atomic E-state index is 0.0251. The quantitative estimate of drug-likeness (QED) is 0.813. The second-order valence-electron chi connectivity index (χ2n) is 5.55. The summed E-state index contributed by atoms with van der Waals surface area (Å²) in [6.07, 6.45) is 4.97. The molecule has 1 amide bonds. The zero-order chi connectivity index (χ0) is 15.9. The van der Waals surface area contributed by atoms with Gasteiger partial charge in [0.2, 0.25) is 5.91 Å². The minimum Gasteiger partial charge on any atom is -0.333 e. The summed E-state index contributed by atoms with van der Waals surface area (Å²) < 4.78 is 0. The van der Waals surface area contributed by atoms with Crippen molar-refractivity contribution in [2.75, 3.05) is 19.6 Å². The number of rotatable bonds is 6. The highest BCUT2D eigenvalue weighted by molar-refractivity contribution is 6.30. The van der Waals surface area contributed by atoms with Crippen LogP contribution in [0, 0.1) is 5.92 Å². The molecular formula is C18H23ClN2O. The number of piperazine rings is 1. The summed E-state index contributed by atoms with van der Waals surface area (Å²) in [6, 6.07) is 7.78. The van der Waals surface area contributed by atoms with E-state index in [9.17, 15) is 4.79 Å². The van der Waals surface area contributed by atoms with Crippen molar-refractivity contribution < 1.29 is 4.79 Å². The topological polar surface area (TPSA) is 32.3 Å². The molecule has 1 saturated heterocycles. The first-order chi connectivity index (χ1) is 10.7. The van der Waals surface area contributed by atoms with Gasteiger partial charge in [-0.05, 0) is 30.5 Å².